The number of halogens is 1. The molecule has 0 saturated carbocycles. The van der Waals surface area contributed by atoms with Crippen LogP contribution in [0.1, 0.15) is 10.4 Å². The standard InChI is InChI=1S/C10H12FNO3/c1-14-9-4-6(8(13)5-12)3-7(11)10(9)15-2/h3-4H,5,12H2,1-2H3. The number of ketones is 1. The van der Waals surface area contributed by atoms with Gasteiger partial charge in [-0.2, -0.15) is 0 Å². The summed E-state index contributed by atoms with van der Waals surface area (Å²) < 4.78 is 23.1. The molecule has 0 unspecified atom stereocenters. The van der Waals surface area contributed by atoms with Crippen LogP contribution in [0.4, 0.5) is 4.39 Å². The van der Waals surface area contributed by atoms with Crippen LogP contribution in [-0.4, -0.2) is 26.5 Å². The molecule has 0 aliphatic rings. The van der Waals surface area contributed by atoms with Gasteiger partial charge in [-0.3, -0.25) is 4.79 Å². The van der Waals surface area contributed by atoms with Crippen molar-refractivity contribution in [2.24, 2.45) is 5.73 Å². The lowest BCUT2D eigenvalue weighted by Crippen LogP contribution is -2.14. The van der Waals surface area contributed by atoms with Gasteiger partial charge >= 0.3 is 0 Å². The molecular weight excluding hydrogens is 201 g/mol. The average molecular weight is 213 g/mol. The van der Waals surface area contributed by atoms with Gasteiger partial charge in [0.15, 0.2) is 23.1 Å². The monoisotopic (exact) mass is 213 g/mol. The number of nitrogens with two attached hydrogens (primary N) is 1. The molecule has 1 aromatic carbocycles. The van der Waals surface area contributed by atoms with E-state index >= 15 is 0 Å². The summed E-state index contributed by atoms with van der Waals surface area (Å²) in [5.74, 6) is -0.844. The molecule has 0 saturated heterocycles. The van der Waals surface area contributed by atoms with Gasteiger partial charge in [-0.05, 0) is 12.1 Å². The van der Waals surface area contributed by atoms with Crippen molar-refractivity contribution in [2.45, 2.75) is 0 Å². The minimum atomic E-state index is -0.645. The Bertz CT molecular complexity index is 379. The summed E-state index contributed by atoms with van der Waals surface area (Å²) in [6.45, 7) is -0.172. The van der Waals surface area contributed by atoms with Gasteiger partial charge < -0.3 is 15.2 Å². The molecule has 0 amide bonds. The Balaban J connectivity index is 3.25. The van der Waals surface area contributed by atoms with Crippen molar-refractivity contribution in [3.8, 4) is 11.5 Å². The van der Waals surface area contributed by atoms with E-state index in [4.69, 9.17) is 15.2 Å². The van der Waals surface area contributed by atoms with E-state index in [-0.39, 0.29) is 29.4 Å². The Morgan fingerprint density at radius 3 is 2.53 bits per heavy atom. The van der Waals surface area contributed by atoms with E-state index in [9.17, 15) is 9.18 Å². The summed E-state index contributed by atoms with van der Waals surface area (Å²) >= 11 is 0. The summed E-state index contributed by atoms with van der Waals surface area (Å²) in [4.78, 5) is 11.2. The summed E-state index contributed by atoms with van der Waals surface area (Å²) in [5, 5.41) is 0. The van der Waals surface area contributed by atoms with Gasteiger partial charge in [0.2, 0.25) is 0 Å². The molecule has 5 heteroatoms. The van der Waals surface area contributed by atoms with Crippen molar-refractivity contribution < 1.29 is 18.7 Å². The van der Waals surface area contributed by atoms with Crippen LogP contribution in [0, 0.1) is 5.82 Å². The van der Waals surface area contributed by atoms with Crippen LogP contribution in [0.2, 0.25) is 0 Å². The number of carbonyl (C=O) groups excluding carboxylic acids is 1. The molecule has 2 N–H and O–H groups in total. The number of carbonyl (C=O) groups is 1. The minimum absolute atomic E-state index is 0.0222. The molecule has 0 radical (unpaired) electrons. The summed E-state index contributed by atoms with van der Waals surface area (Å²) in [6, 6.07) is 2.48. The van der Waals surface area contributed by atoms with Crippen LogP contribution in [0.3, 0.4) is 0 Å². The second-order valence-corrected chi connectivity index (χ2v) is 2.82. The molecule has 0 atom stereocenters. The van der Waals surface area contributed by atoms with Gasteiger partial charge in [-0.25, -0.2) is 4.39 Å². The van der Waals surface area contributed by atoms with Gasteiger partial charge in [0.1, 0.15) is 0 Å². The summed E-state index contributed by atoms with van der Waals surface area (Å²) in [6.07, 6.45) is 0. The van der Waals surface area contributed by atoms with Crippen molar-refractivity contribution >= 4 is 5.78 Å². The van der Waals surface area contributed by atoms with Gasteiger partial charge in [0.25, 0.3) is 0 Å². The van der Waals surface area contributed by atoms with E-state index in [0.29, 0.717) is 0 Å². The highest BCUT2D eigenvalue weighted by molar-refractivity contribution is 5.98. The van der Waals surface area contributed by atoms with Crippen molar-refractivity contribution in [1.29, 1.82) is 0 Å². The predicted molar refractivity (Wildman–Crippen MR) is 52.9 cm³/mol. The SMILES string of the molecule is COc1cc(C(=O)CN)cc(F)c1OC. The number of hydrogen-bond acceptors (Lipinski definition) is 4. The Kier molecular flexibility index (Phi) is 3.62. The highest BCUT2D eigenvalue weighted by Gasteiger charge is 2.15. The zero-order chi connectivity index (χ0) is 11.4. The van der Waals surface area contributed by atoms with Gasteiger partial charge in [0.05, 0.1) is 20.8 Å². The van der Waals surface area contributed by atoms with Crippen molar-refractivity contribution in [2.75, 3.05) is 20.8 Å². The topological polar surface area (TPSA) is 61.5 Å². The van der Waals surface area contributed by atoms with Gasteiger partial charge in [0, 0.05) is 5.56 Å². The molecule has 0 aromatic heterocycles. The molecule has 0 bridgehead atoms. The Morgan fingerprint density at radius 2 is 2.07 bits per heavy atom. The quantitative estimate of drug-likeness (QED) is 0.757. The molecule has 0 heterocycles. The fraction of sp³-hybridized carbons (Fsp3) is 0.300. The highest BCUT2D eigenvalue weighted by Crippen LogP contribution is 2.31. The van der Waals surface area contributed by atoms with Crippen molar-refractivity contribution in [3.05, 3.63) is 23.5 Å². The maximum atomic E-state index is 13.4. The molecule has 82 valence electrons. The first-order valence-electron chi connectivity index (χ1n) is 4.28. The lowest BCUT2D eigenvalue weighted by molar-refractivity contribution is 0.100. The molecule has 0 aliphatic carbocycles. The first kappa shape index (κ1) is 11.5. The van der Waals surface area contributed by atoms with Gasteiger partial charge in [-0.1, -0.05) is 0 Å². The van der Waals surface area contributed by atoms with E-state index in [1.54, 1.807) is 0 Å². The van der Waals surface area contributed by atoms with Crippen LogP contribution in [0.15, 0.2) is 12.1 Å². The number of Topliss-reactive ketones (excluding diaryl/α,β-unsaturated/α-hetero) is 1. The number of benzene rings is 1. The maximum absolute atomic E-state index is 13.4. The van der Waals surface area contributed by atoms with E-state index in [0.717, 1.165) is 6.07 Å². The van der Waals surface area contributed by atoms with E-state index < -0.39 is 5.82 Å². The average Bonchev–Trinajstić information content (AvgIpc) is 2.26. The fourth-order valence-corrected chi connectivity index (χ4v) is 1.20. The highest BCUT2D eigenvalue weighted by atomic mass is 19.1. The lowest BCUT2D eigenvalue weighted by atomic mass is 10.1. The van der Waals surface area contributed by atoms with E-state index in [1.165, 1.54) is 20.3 Å². The number of ether oxygens (including phenoxy) is 2. The molecular formula is C10H12FNO3. The van der Waals surface area contributed by atoms with E-state index in [1.807, 2.05) is 0 Å². The number of methoxy groups -OCH3 is 2. The second kappa shape index (κ2) is 4.75. The van der Waals surface area contributed by atoms with Crippen molar-refractivity contribution in [1.82, 2.24) is 0 Å². The third kappa shape index (κ3) is 2.24. The largest absolute Gasteiger partial charge is 0.493 e. The van der Waals surface area contributed by atoms with Crippen LogP contribution in [0.25, 0.3) is 0 Å². The third-order valence-corrected chi connectivity index (χ3v) is 1.94. The molecule has 1 aromatic rings. The maximum Gasteiger partial charge on any atom is 0.196 e. The zero-order valence-corrected chi connectivity index (χ0v) is 8.54. The summed E-state index contributed by atoms with van der Waals surface area (Å²) in [5.41, 5.74) is 5.35. The van der Waals surface area contributed by atoms with Crippen molar-refractivity contribution in [3.63, 3.8) is 0 Å². The Hall–Kier alpha value is -1.62. The molecule has 15 heavy (non-hydrogen) atoms. The predicted octanol–water partition coefficient (Wildman–Crippen LogP) is 0.984. The lowest BCUT2D eigenvalue weighted by Gasteiger charge is -2.09. The molecule has 1 rings (SSSR count). The van der Waals surface area contributed by atoms with Crippen LogP contribution in [-0.2, 0) is 0 Å². The zero-order valence-electron chi connectivity index (χ0n) is 8.54. The van der Waals surface area contributed by atoms with E-state index in [2.05, 4.69) is 0 Å². The van der Waals surface area contributed by atoms with Crippen LogP contribution >= 0.6 is 0 Å². The molecule has 0 fully saturated rings. The Morgan fingerprint density at radius 1 is 1.40 bits per heavy atom. The number of rotatable bonds is 4. The number of hydrogen-bond donors (Lipinski definition) is 1. The third-order valence-electron chi connectivity index (χ3n) is 1.94. The molecule has 0 spiro atoms. The first-order chi connectivity index (χ1) is 7.13. The summed E-state index contributed by atoms with van der Waals surface area (Å²) in [7, 11) is 2.69. The van der Waals surface area contributed by atoms with Gasteiger partial charge in [-0.15, -0.1) is 0 Å². The first-order valence-corrected chi connectivity index (χ1v) is 4.28. The van der Waals surface area contributed by atoms with Crippen LogP contribution in [0.5, 0.6) is 11.5 Å². The molecule has 0 aliphatic heterocycles. The minimum Gasteiger partial charge on any atom is -0.493 e. The fourth-order valence-electron chi connectivity index (χ4n) is 1.20. The molecule has 4 nitrogen and oxygen atoms in total. The van der Waals surface area contributed by atoms with Crippen LogP contribution < -0.4 is 15.2 Å². The smallest absolute Gasteiger partial charge is 0.196 e. The Labute approximate surface area is 86.8 Å². The second-order valence-electron chi connectivity index (χ2n) is 2.82. The normalized spacial score (nSPS) is 9.87.